The summed E-state index contributed by atoms with van der Waals surface area (Å²) < 4.78 is 0. The first-order chi connectivity index (χ1) is 13.2. The van der Waals surface area contributed by atoms with Crippen LogP contribution in [0.15, 0.2) is 42.5 Å². The van der Waals surface area contributed by atoms with Crippen LogP contribution in [0.2, 0.25) is 0 Å². The summed E-state index contributed by atoms with van der Waals surface area (Å²) >= 11 is 0. The van der Waals surface area contributed by atoms with Crippen molar-refractivity contribution < 1.29 is 14.4 Å². The number of nitrogens with one attached hydrogen (secondary N) is 3. The number of anilines is 3. The van der Waals surface area contributed by atoms with Gasteiger partial charge in [-0.1, -0.05) is 12.1 Å². The largest absolute Gasteiger partial charge is 0.326 e. The van der Waals surface area contributed by atoms with Crippen molar-refractivity contribution in [2.45, 2.75) is 20.8 Å². The van der Waals surface area contributed by atoms with Crippen LogP contribution in [0.4, 0.5) is 17.1 Å². The number of hydrogen-bond donors (Lipinski definition) is 3. The first-order valence-corrected chi connectivity index (χ1v) is 8.96. The van der Waals surface area contributed by atoms with Crippen molar-refractivity contribution >= 4 is 34.8 Å². The van der Waals surface area contributed by atoms with Gasteiger partial charge in [-0.15, -0.1) is 0 Å². The summed E-state index contributed by atoms with van der Waals surface area (Å²) in [6.07, 6.45) is 0. The van der Waals surface area contributed by atoms with E-state index in [9.17, 15) is 14.4 Å². The van der Waals surface area contributed by atoms with E-state index in [4.69, 9.17) is 0 Å². The maximum atomic E-state index is 12.2. The van der Waals surface area contributed by atoms with Crippen LogP contribution in [0, 0.1) is 13.8 Å². The Morgan fingerprint density at radius 2 is 1.36 bits per heavy atom. The summed E-state index contributed by atoms with van der Waals surface area (Å²) in [4.78, 5) is 37.1. The van der Waals surface area contributed by atoms with Gasteiger partial charge in [0.2, 0.25) is 17.7 Å². The summed E-state index contributed by atoms with van der Waals surface area (Å²) in [6.45, 7) is 5.56. The molecular weight excluding hydrogens is 356 g/mol. The number of rotatable bonds is 7. The van der Waals surface area contributed by atoms with Gasteiger partial charge in [-0.2, -0.15) is 0 Å². The van der Waals surface area contributed by atoms with Gasteiger partial charge in [0.05, 0.1) is 13.1 Å². The fraction of sp³-hybridized carbons (Fsp3) is 0.286. The van der Waals surface area contributed by atoms with Gasteiger partial charge in [-0.05, 0) is 62.4 Å². The third-order valence-electron chi connectivity index (χ3n) is 4.19. The molecule has 0 aliphatic rings. The number of carbonyl (C=O) groups excluding carboxylic acids is 3. The summed E-state index contributed by atoms with van der Waals surface area (Å²) in [5, 5.41) is 8.31. The third kappa shape index (κ3) is 6.51. The van der Waals surface area contributed by atoms with Crippen LogP contribution in [0.5, 0.6) is 0 Å². The topological polar surface area (TPSA) is 90.5 Å². The second-order valence-corrected chi connectivity index (χ2v) is 6.77. The number of amides is 3. The quantitative estimate of drug-likeness (QED) is 0.687. The Hall–Kier alpha value is -3.19. The highest BCUT2D eigenvalue weighted by Crippen LogP contribution is 2.18. The Kier molecular flexibility index (Phi) is 7.28. The van der Waals surface area contributed by atoms with Gasteiger partial charge in [0, 0.05) is 24.0 Å². The average molecular weight is 382 g/mol. The predicted octanol–water partition coefficient (Wildman–Crippen LogP) is 2.77. The monoisotopic (exact) mass is 382 g/mol. The zero-order chi connectivity index (χ0) is 20.7. The summed E-state index contributed by atoms with van der Waals surface area (Å²) in [6, 6.07) is 12.6. The molecule has 2 aromatic rings. The Morgan fingerprint density at radius 3 is 1.93 bits per heavy atom. The predicted molar refractivity (Wildman–Crippen MR) is 111 cm³/mol. The van der Waals surface area contributed by atoms with Gasteiger partial charge in [-0.3, -0.25) is 19.3 Å². The lowest BCUT2D eigenvalue weighted by Gasteiger charge is -2.17. The van der Waals surface area contributed by atoms with Crippen molar-refractivity contribution in [3.63, 3.8) is 0 Å². The van der Waals surface area contributed by atoms with E-state index in [1.54, 1.807) is 36.2 Å². The number of benzene rings is 2. The molecule has 3 amide bonds. The van der Waals surface area contributed by atoms with E-state index in [0.717, 1.165) is 16.8 Å². The Morgan fingerprint density at radius 1 is 0.821 bits per heavy atom. The molecule has 28 heavy (non-hydrogen) atoms. The average Bonchev–Trinajstić information content (AvgIpc) is 2.60. The minimum absolute atomic E-state index is 0.0771. The number of likely N-dealkylation sites (N-methyl/N-ethyl adjacent to an activating group) is 1. The van der Waals surface area contributed by atoms with Gasteiger partial charge in [-0.25, -0.2) is 0 Å². The van der Waals surface area contributed by atoms with Gasteiger partial charge in [0.1, 0.15) is 0 Å². The highest BCUT2D eigenvalue weighted by molar-refractivity contribution is 5.95. The zero-order valence-electron chi connectivity index (χ0n) is 16.6. The summed E-state index contributed by atoms with van der Waals surface area (Å²) in [7, 11) is 1.71. The van der Waals surface area contributed by atoms with E-state index >= 15 is 0 Å². The van der Waals surface area contributed by atoms with Gasteiger partial charge < -0.3 is 16.0 Å². The van der Waals surface area contributed by atoms with Gasteiger partial charge >= 0.3 is 0 Å². The van der Waals surface area contributed by atoms with Gasteiger partial charge in [0.15, 0.2) is 0 Å². The van der Waals surface area contributed by atoms with E-state index < -0.39 is 0 Å². The number of carbonyl (C=O) groups is 3. The van der Waals surface area contributed by atoms with Crippen molar-refractivity contribution in [1.82, 2.24) is 4.90 Å². The molecular formula is C21H26N4O3. The van der Waals surface area contributed by atoms with Crippen molar-refractivity contribution in [1.29, 1.82) is 0 Å². The van der Waals surface area contributed by atoms with Crippen LogP contribution in [-0.2, 0) is 14.4 Å². The minimum Gasteiger partial charge on any atom is -0.326 e. The molecule has 2 rings (SSSR count). The van der Waals surface area contributed by atoms with E-state index in [1.165, 1.54) is 6.92 Å². The van der Waals surface area contributed by atoms with Crippen molar-refractivity contribution in [3.8, 4) is 0 Å². The van der Waals surface area contributed by atoms with E-state index in [2.05, 4.69) is 16.0 Å². The molecule has 0 saturated heterocycles. The lowest BCUT2D eigenvalue weighted by Crippen LogP contribution is -2.36. The Bertz CT molecular complexity index is 862. The Labute approximate surface area is 165 Å². The molecule has 0 saturated carbocycles. The third-order valence-corrected chi connectivity index (χ3v) is 4.19. The van der Waals surface area contributed by atoms with Crippen LogP contribution in [0.3, 0.4) is 0 Å². The molecule has 0 atom stereocenters. The Balaban J connectivity index is 1.82. The van der Waals surface area contributed by atoms with Crippen molar-refractivity contribution in [2.24, 2.45) is 0 Å². The normalized spacial score (nSPS) is 10.5. The summed E-state index contributed by atoms with van der Waals surface area (Å²) in [5.41, 5.74) is 4.19. The fourth-order valence-corrected chi connectivity index (χ4v) is 2.66. The molecule has 0 aromatic heterocycles. The van der Waals surface area contributed by atoms with E-state index in [0.29, 0.717) is 11.4 Å². The molecule has 7 nitrogen and oxygen atoms in total. The molecule has 3 N–H and O–H groups in total. The minimum atomic E-state index is -0.227. The van der Waals surface area contributed by atoms with Crippen LogP contribution in [-0.4, -0.2) is 42.8 Å². The number of hydrogen-bond acceptors (Lipinski definition) is 4. The molecule has 0 aliphatic carbocycles. The maximum absolute atomic E-state index is 12.2. The molecule has 0 bridgehead atoms. The SMILES string of the molecule is CC(=O)Nc1ccc(NC(=O)CN(C)CC(=O)Nc2cccc(C)c2C)cc1. The van der Waals surface area contributed by atoms with Crippen molar-refractivity contribution in [2.75, 3.05) is 36.1 Å². The molecule has 7 heteroatoms. The molecule has 0 aliphatic heterocycles. The van der Waals surface area contributed by atoms with Crippen LogP contribution in [0.1, 0.15) is 18.1 Å². The molecule has 0 spiro atoms. The fourth-order valence-electron chi connectivity index (χ4n) is 2.66. The molecule has 0 fully saturated rings. The summed E-state index contributed by atoms with van der Waals surface area (Å²) in [5.74, 6) is -0.560. The maximum Gasteiger partial charge on any atom is 0.238 e. The highest BCUT2D eigenvalue weighted by atomic mass is 16.2. The second-order valence-electron chi connectivity index (χ2n) is 6.77. The van der Waals surface area contributed by atoms with E-state index in [1.807, 2.05) is 32.0 Å². The van der Waals surface area contributed by atoms with E-state index in [-0.39, 0.29) is 30.8 Å². The van der Waals surface area contributed by atoms with Crippen LogP contribution in [0.25, 0.3) is 0 Å². The zero-order valence-corrected chi connectivity index (χ0v) is 16.6. The lowest BCUT2D eigenvalue weighted by molar-refractivity contribution is -0.119. The molecule has 0 heterocycles. The highest BCUT2D eigenvalue weighted by Gasteiger charge is 2.12. The number of aryl methyl sites for hydroxylation is 1. The van der Waals surface area contributed by atoms with Gasteiger partial charge in [0.25, 0.3) is 0 Å². The van der Waals surface area contributed by atoms with Crippen LogP contribution < -0.4 is 16.0 Å². The second kappa shape index (κ2) is 9.66. The standard InChI is InChI=1S/C21H26N4O3/c1-14-6-5-7-19(15(14)2)24-21(28)13-25(4)12-20(27)23-18-10-8-17(9-11-18)22-16(3)26/h5-11H,12-13H2,1-4H3,(H,22,26)(H,23,27)(H,24,28). The molecule has 0 unspecified atom stereocenters. The molecule has 148 valence electrons. The smallest absolute Gasteiger partial charge is 0.238 e. The molecule has 2 aromatic carbocycles. The van der Waals surface area contributed by atoms with Crippen LogP contribution >= 0.6 is 0 Å². The molecule has 0 radical (unpaired) electrons. The first-order valence-electron chi connectivity index (χ1n) is 8.96. The first kappa shape index (κ1) is 21.1. The lowest BCUT2D eigenvalue weighted by atomic mass is 10.1. The van der Waals surface area contributed by atoms with Crippen molar-refractivity contribution in [3.05, 3.63) is 53.6 Å². The number of nitrogens with zero attached hydrogens (tertiary/aromatic N) is 1.